The molecule has 2 amide bonds. The van der Waals surface area contributed by atoms with Gasteiger partial charge < -0.3 is 15.7 Å². The normalized spacial score (nSPS) is 23.0. The molecule has 0 saturated carbocycles. The fourth-order valence-corrected chi connectivity index (χ4v) is 4.55. The van der Waals surface area contributed by atoms with Gasteiger partial charge in [0.25, 0.3) is 5.69 Å². The van der Waals surface area contributed by atoms with E-state index in [4.69, 9.17) is 11.6 Å². The van der Waals surface area contributed by atoms with E-state index < -0.39 is 38.0 Å². The van der Waals surface area contributed by atoms with Gasteiger partial charge in [0.05, 0.1) is 39.6 Å². The first kappa shape index (κ1) is 16.3. The Morgan fingerprint density at radius 2 is 2.09 bits per heavy atom. The van der Waals surface area contributed by atoms with Crippen LogP contribution < -0.4 is 10.6 Å². The first-order valence-electron chi connectivity index (χ1n) is 6.07. The van der Waals surface area contributed by atoms with Crippen molar-refractivity contribution in [2.24, 2.45) is 0 Å². The molecule has 22 heavy (non-hydrogen) atoms. The summed E-state index contributed by atoms with van der Waals surface area (Å²) in [5, 5.41) is 24.1. The van der Waals surface area contributed by atoms with E-state index in [1.54, 1.807) is 0 Å². The summed E-state index contributed by atoms with van der Waals surface area (Å²) >= 11 is 5.85. The number of hydrogen-bond acceptors (Lipinski definition) is 6. The molecule has 0 spiro atoms. The highest BCUT2D eigenvalue weighted by Crippen LogP contribution is 2.28. The molecule has 1 aliphatic heterocycles. The zero-order valence-corrected chi connectivity index (χ0v) is 12.6. The average Bonchev–Trinajstić information content (AvgIpc) is 2.64. The zero-order chi connectivity index (χ0) is 16.5. The highest BCUT2D eigenvalue weighted by molar-refractivity contribution is 7.91. The van der Waals surface area contributed by atoms with E-state index in [0.29, 0.717) is 0 Å². The van der Waals surface area contributed by atoms with Crippen LogP contribution in [0.4, 0.5) is 16.2 Å². The number of nitrogens with zero attached hydrogens (tertiary/aromatic N) is 1. The molecule has 1 aromatic rings. The Bertz CT molecular complexity index is 723. The molecule has 2 atom stereocenters. The Kier molecular flexibility index (Phi) is 4.42. The first-order chi connectivity index (χ1) is 10.2. The van der Waals surface area contributed by atoms with Gasteiger partial charge in [0, 0.05) is 6.07 Å². The van der Waals surface area contributed by atoms with E-state index in [2.05, 4.69) is 10.6 Å². The van der Waals surface area contributed by atoms with Gasteiger partial charge in [-0.25, -0.2) is 13.2 Å². The van der Waals surface area contributed by atoms with E-state index in [-0.39, 0.29) is 22.9 Å². The number of sulfone groups is 1. The number of hydrogen-bond donors (Lipinski definition) is 3. The number of urea groups is 1. The molecule has 0 radical (unpaired) electrons. The molecule has 0 aliphatic carbocycles. The number of anilines is 1. The van der Waals surface area contributed by atoms with E-state index >= 15 is 0 Å². The highest BCUT2D eigenvalue weighted by Gasteiger charge is 2.37. The van der Waals surface area contributed by atoms with Gasteiger partial charge in [0.2, 0.25) is 0 Å². The van der Waals surface area contributed by atoms with Gasteiger partial charge in [-0.1, -0.05) is 0 Å². The number of halogens is 1. The Labute approximate surface area is 130 Å². The quantitative estimate of drug-likeness (QED) is 0.319. The fourth-order valence-electron chi connectivity index (χ4n) is 2.00. The Morgan fingerprint density at radius 1 is 1.41 bits per heavy atom. The van der Waals surface area contributed by atoms with E-state index in [0.717, 1.165) is 18.2 Å². The van der Waals surface area contributed by atoms with Crippen molar-refractivity contribution in [3.05, 3.63) is 28.3 Å². The van der Waals surface area contributed by atoms with Crippen molar-refractivity contribution in [3.63, 3.8) is 0 Å². The number of carbonyl (C=O) groups is 1. The van der Waals surface area contributed by atoms with Crippen molar-refractivity contribution in [1.29, 1.82) is 0 Å². The van der Waals surface area contributed by atoms with Crippen LogP contribution in [0.2, 0.25) is 0 Å². The zero-order valence-electron chi connectivity index (χ0n) is 11.0. The van der Waals surface area contributed by atoms with Crippen molar-refractivity contribution < 1.29 is 23.2 Å². The number of alkyl halides is 1. The molecular formula is C11H12ClN3O6S. The Morgan fingerprint density at radius 3 is 2.59 bits per heavy atom. The third-order valence-electron chi connectivity index (χ3n) is 3.04. The average molecular weight is 350 g/mol. The molecule has 1 saturated heterocycles. The van der Waals surface area contributed by atoms with Crippen LogP contribution >= 0.6 is 11.6 Å². The lowest BCUT2D eigenvalue weighted by atomic mass is 10.2. The topological polar surface area (TPSA) is 139 Å². The Balaban J connectivity index is 2.02. The predicted molar refractivity (Wildman–Crippen MR) is 79.0 cm³/mol. The summed E-state index contributed by atoms with van der Waals surface area (Å²) in [6, 6.07) is 1.65. The maximum absolute atomic E-state index is 11.8. The minimum absolute atomic E-state index is 0.0462. The second-order valence-corrected chi connectivity index (χ2v) is 7.47. The summed E-state index contributed by atoms with van der Waals surface area (Å²) in [6.45, 7) is 0. The van der Waals surface area contributed by atoms with Gasteiger partial charge in [-0.3, -0.25) is 10.1 Å². The predicted octanol–water partition coefficient (Wildman–Crippen LogP) is 0.826. The van der Waals surface area contributed by atoms with Crippen LogP contribution in [0.1, 0.15) is 0 Å². The molecule has 1 aliphatic rings. The number of phenolic OH excluding ortho intramolecular Hbond substituents is 1. The SMILES string of the molecule is O=C(Nc1ccc([N+](=O)[O-])cc1O)NC1CS(=O)(=O)CC1Cl. The van der Waals surface area contributed by atoms with Gasteiger partial charge in [-0.2, -0.15) is 0 Å². The molecule has 1 aromatic carbocycles. The van der Waals surface area contributed by atoms with Crippen molar-refractivity contribution >= 4 is 38.8 Å². The van der Waals surface area contributed by atoms with Gasteiger partial charge in [0.15, 0.2) is 9.84 Å². The molecule has 120 valence electrons. The molecule has 2 unspecified atom stereocenters. The highest BCUT2D eigenvalue weighted by atomic mass is 35.5. The van der Waals surface area contributed by atoms with Gasteiger partial charge in [-0.05, 0) is 6.07 Å². The molecule has 1 fully saturated rings. The summed E-state index contributed by atoms with van der Waals surface area (Å²) in [5.74, 6) is -0.964. The standard InChI is InChI=1S/C11H12ClN3O6S/c12-7-4-22(20,21)5-9(7)14-11(17)13-8-2-1-6(15(18)19)3-10(8)16/h1-3,7,9,16H,4-5H2,(H2,13,14,17). The Hall–Kier alpha value is -2.07. The third-order valence-corrected chi connectivity index (χ3v) is 5.42. The number of aromatic hydroxyl groups is 1. The number of phenols is 1. The van der Waals surface area contributed by atoms with Crippen LogP contribution in [0.3, 0.4) is 0 Å². The van der Waals surface area contributed by atoms with Crippen LogP contribution in [0.25, 0.3) is 0 Å². The third kappa shape index (κ3) is 3.77. The van der Waals surface area contributed by atoms with Crippen LogP contribution in [0, 0.1) is 10.1 Å². The summed E-state index contributed by atoms with van der Waals surface area (Å²) in [6.07, 6.45) is 0. The fraction of sp³-hybridized carbons (Fsp3) is 0.364. The largest absolute Gasteiger partial charge is 0.506 e. The minimum Gasteiger partial charge on any atom is -0.506 e. The number of amides is 2. The van der Waals surface area contributed by atoms with E-state index in [9.17, 15) is 28.4 Å². The number of rotatable bonds is 3. The summed E-state index contributed by atoms with van der Waals surface area (Å²) < 4.78 is 22.8. The second-order valence-electron chi connectivity index (χ2n) is 4.76. The lowest BCUT2D eigenvalue weighted by Crippen LogP contribution is -2.42. The van der Waals surface area contributed by atoms with Crippen LogP contribution in [-0.2, 0) is 9.84 Å². The van der Waals surface area contributed by atoms with Crippen molar-refractivity contribution in [2.45, 2.75) is 11.4 Å². The molecule has 0 bridgehead atoms. The lowest BCUT2D eigenvalue weighted by Gasteiger charge is -2.15. The van der Waals surface area contributed by atoms with Crippen molar-refractivity contribution in [3.8, 4) is 5.75 Å². The molecular weight excluding hydrogens is 338 g/mol. The molecule has 1 heterocycles. The molecule has 2 rings (SSSR count). The molecule has 11 heteroatoms. The summed E-state index contributed by atoms with van der Waals surface area (Å²) in [5.41, 5.74) is -0.374. The smallest absolute Gasteiger partial charge is 0.319 e. The van der Waals surface area contributed by atoms with Crippen LogP contribution in [-0.4, -0.2) is 47.4 Å². The number of nitro groups is 1. The first-order valence-corrected chi connectivity index (χ1v) is 8.33. The summed E-state index contributed by atoms with van der Waals surface area (Å²) in [4.78, 5) is 21.6. The summed E-state index contributed by atoms with van der Waals surface area (Å²) in [7, 11) is -3.29. The number of non-ortho nitro benzene ring substituents is 1. The van der Waals surface area contributed by atoms with Gasteiger partial charge in [-0.15, -0.1) is 11.6 Å². The molecule has 9 nitrogen and oxygen atoms in total. The number of carbonyl (C=O) groups excluding carboxylic acids is 1. The van der Waals surface area contributed by atoms with Crippen LogP contribution in [0.15, 0.2) is 18.2 Å². The van der Waals surface area contributed by atoms with Crippen molar-refractivity contribution in [2.75, 3.05) is 16.8 Å². The number of nitrogens with one attached hydrogen (secondary N) is 2. The monoisotopic (exact) mass is 349 g/mol. The minimum atomic E-state index is -3.29. The van der Waals surface area contributed by atoms with Crippen LogP contribution in [0.5, 0.6) is 5.75 Å². The lowest BCUT2D eigenvalue weighted by molar-refractivity contribution is -0.384. The second kappa shape index (κ2) is 5.97. The van der Waals surface area contributed by atoms with Gasteiger partial charge >= 0.3 is 6.03 Å². The maximum atomic E-state index is 11.8. The van der Waals surface area contributed by atoms with Crippen molar-refractivity contribution in [1.82, 2.24) is 5.32 Å². The van der Waals surface area contributed by atoms with E-state index in [1.165, 1.54) is 0 Å². The van der Waals surface area contributed by atoms with Gasteiger partial charge in [0.1, 0.15) is 5.75 Å². The molecule has 3 N–H and O–H groups in total. The molecule has 0 aromatic heterocycles. The number of nitro benzene ring substituents is 1. The number of benzene rings is 1. The van der Waals surface area contributed by atoms with E-state index in [1.807, 2.05) is 0 Å². The maximum Gasteiger partial charge on any atom is 0.319 e.